The Morgan fingerprint density at radius 3 is 2.09 bits per heavy atom. The zero-order chi connectivity index (χ0) is 22.5. The van der Waals surface area contributed by atoms with Gasteiger partial charge in [0, 0.05) is 5.56 Å². The maximum Gasteiger partial charge on any atom is 0.131 e. The van der Waals surface area contributed by atoms with Crippen molar-refractivity contribution in [2.75, 3.05) is 0 Å². The Bertz CT molecular complexity index is 1210. The van der Waals surface area contributed by atoms with E-state index in [-0.39, 0.29) is 11.6 Å². The summed E-state index contributed by atoms with van der Waals surface area (Å²) in [6, 6.07) is 22.4. The van der Waals surface area contributed by atoms with Gasteiger partial charge in [-0.05, 0) is 82.5 Å². The number of unbranched alkanes of at least 4 members (excludes halogenated alkanes) is 2. The number of aryl methyl sites for hydroxylation is 2. The van der Waals surface area contributed by atoms with Crippen molar-refractivity contribution < 1.29 is 8.78 Å². The van der Waals surface area contributed by atoms with Gasteiger partial charge in [0.05, 0.1) is 0 Å². The molecule has 164 valence electrons. The minimum absolute atomic E-state index is 0.273. The van der Waals surface area contributed by atoms with Gasteiger partial charge in [0.15, 0.2) is 0 Å². The standard InChI is InChI=1S/C30H30F2/c1-3-5-9-23-19-22-10-7-8-12-26(22)28(11-6-4-2)30(23)24-15-18-27(29(32)20-24)21-13-16-25(31)17-14-21/h7-8,10,12-20H,3-6,9,11H2,1-2H3. The lowest BCUT2D eigenvalue weighted by molar-refractivity contribution is 0.626. The van der Waals surface area contributed by atoms with Crippen LogP contribution in [-0.4, -0.2) is 0 Å². The monoisotopic (exact) mass is 428 g/mol. The van der Waals surface area contributed by atoms with Gasteiger partial charge < -0.3 is 0 Å². The number of benzene rings is 4. The van der Waals surface area contributed by atoms with Crippen LogP contribution in [0.25, 0.3) is 33.0 Å². The molecule has 4 rings (SSSR count). The second-order valence-electron chi connectivity index (χ2n) is 8.52. The normalized spacial score (nSPS) is 11.2. The molecule has 0 atom stereocenters. The molecule has 4 aromatic carbocycles. The molecule has 0 N–H and O–H groups in total. The van der Waals surface area contributed by atoms with Crippen molar-refractivity contribution in [2.45, 2.75) is 52.4 Å². The van der Waals surface area contributed by atoms with Crippen LogP contribution in [0.4, 0.5) is 8.78 Å². The molecule has 4 aromatic rings. The summed E-state index contributed by atoms with van der Waals surface area (Å²) in [7, 11) is 0. The summed E-state index contributed by atoms with van der Waals surface area (Å²) >= 11 is 0. The average molecular weight is 429 g/mol. The van der Waals surface area contributed by atoms with Crippen LogP contribution in [0.2, 0.25) is 0 Å². The number of fused-ring (bicyclic) bond motifs is 1. The minimum Gasteiger partial charge on any atom is -0.207 e. The second kappa shape index (κ2) is 10.1. The van der Waals surface area contributed by atoms with Crippen molar-refractivity contribution in [3.63, 3.8) is 0 Å². The third kappa shape index (κ3) is 4.60. The number of halogens is 2. The zero-order valence-corrected chi connectivity index (χ0v) is 18.9. The highest BCUT2D eigenvalue weighted by molar-refractivity contribution is 5.94. The zero-order valence-electron chi connectivity index (χ0n) is 18.9. The average Bonchev–Trinajstić information content (AvgIpc) is 2.81. The van der Waals surface area contributed by atoms with Gasteiger partial charge in [-0.1, -0.05) is 81.3 Å². The summed E-state index contributed by atoms with van der Waals surface area (Å²) in [6.45, 7) is 4.41. The maximum absolute atomic E-state index is 15.3. The predicted octanol–water partition coefficient (Wildman–Crippen LogP) is 9.14. The molecule has 0 aliphatic carbocycles. The number of hydrogen-bond acceptors (Lipinski definition) is 0. The van der Waals surface area contributed by atoms with E-state index in [9.17, 15) is 4.39 Å². The number of hydrogen-bond donors (Lipinski definition) is 0. The van der Waals surface area contributed by atoms with E-state index >= 15 is 4.39 Å². The first-order chi connectivity index (χ1) is 15.6. The Balaban J connectivity index is 1.89. The molecule has 0 fully saturated rings. The molecule has 0 unspecified atom stereocenters. The molecule has 0 saturated carbocycles. The molecule has 0 saturated heterocycles. The molecular formula is C30H30F2. The van der Waals surface area contributed by atoms with E-state index in [1.54, 1.807) is 18.2 Å². The van der Waals surface area contributed by atoms with Crippen LogP contribution in [0.3, 0.4) is 0 Å². The summed E-state index contributed by atoms with van der Waals surface area (Å²) in [5.41, 5.74) is 5.92. The highest BCUT2D eigenvalue weighted by Gasteiger charge is 2.17. The van der Waals surface area contributed by atoms with Gasteiger partial charge in [0.2, 0.25) is 0 Å². The molecule has 0 radical (unpaired) electrons. The lowest BCUT2D eigenvalue weighted by Gasteiger charge is -2.19. The van der Waals surface area contributed by atoms with Crippen molar-refractivity contribution in [1.82, 2.24) is 0 Å². The molecule has 32 heavy (non-hydrogen) atoms. The van der Waals surface area contributed by atoms with Crippen LogP contribution in [0.1, 0.15) is 50.7 Å². The molecule has 0 spiro atoms. The lowest BCUT2D eigenvalue weighted by atomic mass is 9.85. The van der Waals surface area contributed by atoms with Gasteiger partial charge in [-0.25, -0.2) is 8.78 Å². The Morgan fingerprint density at radius 2 is 1.38 bits per heavy atom. The lowest BCUT2D eigenvalue weighted by Crippen LogP contribution is -2.00. The molecule has 0 bridgehead atoms. The third-order valence-corrected chi connectivity index (χ3v) is 6.23. The topological polar surface area (TPSA) is 0 Å². The molecule has 0 heterocycles. The van der Waals surface area contributed by atoms with E-state index in [0.29, 0.717) is 11.1 Å². The van der Waals surface area contributed by atoms with E-state index in [1.807, 2.05) is 12.1 Å². The van der Waals surface area contributed by atoms with Crippen LogP contribution in [0.15, 0.2) is 72.8 Å². The summed E-state index contributed by atoms with van der Waals surface area (Å²) in [5.74, 6) is -0.590. The first-order valence-corrected chi connectivity index (χ1v) is 11.7. The van der Waals surface area contributed by atoms with E-state index < -0.39 is 0 Å². The van der Waals surface area contributed by atoms with Crippen molar-refractivity contribution in [3.8, 4) is 22.3 Å². The van der Waals surface area contributed by atoms with Crippen LogP contribution in [-0.2, 0) is 12.8 Å². The van der Waals surface area contributed by atoms with E-state index in [4.69, 9.17) is 0 Å². The summed E-state index contributed by atoms with van der Waals surface area (Å²) in [6.07, 6.45) is 6.41. The van der Waals surface area contributed by atoms with Gasteiger partial charge in [-0.15, -0.1) is 0 Å². The van der Waals surface area contributed by atoms with Crippen LogP contribution >= 0.6 is 0 Å². The summed E-state index contributed by atoms with van der Waals surface area (Å²) in [4.78, 5) is 0. The molecule has 2 heteroatoms. The molecule has 0 amide bonds. The Morgan fingerprint density at radius 1 is 0.688 bits per heavy atom. The van der Waals surface area contributed by atoms with E-state index in [2.05, 4.69) is 44.2 Å². The first-order valence-electron chi connectivity index (χ1n) is 11.7. The first kappa shape index (κ1) is 22.2. The van der Waals surface area contributed by atoms with Crippen molar-refractivity contribution in [2.24, 2.45) is 0 Å². The van der Waals surface area contributed by atoms with Gasteiger partial charge >= 0.3 is 0 Å². The van der Waals surface area contributed by atoms with Crippen molar-refractivity contribution in [3.05, 3.63) is 95.6 Å². The van der Waals surface area contributed by atoms with Crippen LogP contribution in [0, 0.1) is 11.6 Å². The van der Waals surface area contributed by atoms with Gasteiger partial charge in [-0.3, -0.25) is 0 Å². The second-order valence-corrected chi connectivity index (χ2v) is 8.52. The third-order valence-electron chi connectivity index (χ3n) is 6.23. The fourth-order valence-electron chi connectivity index (χ4n) is 4.56. The van der Waals surface area contributed by atoms with Gasteiger partial charge in [0.25, 0.3) is 0 Å². The van der Waals surface area contributed by atoms with Crippen LogP contribution < -0.4 is 0 Å². The van der Waals surface area contributed by atoms with Crippen molar-refractivity contribution in [1.29, 1.82) is 0 Å². The largest absolute Gasteiger partial charge is 0.207 e. The summed E-state index contributed by atoms with van der Waals surface area (Å²) < 4.78 is 28.6. The highest BCUT2D eigenvalue weighted by Crippen LogP contribution is 2.37. The fourth-order valence-corrected chi connectivity index (χ4v) is 4.56. The maximum atomic E-state index is 15.3. The highest BCUT2D eigenvalue weighted by atomic mass is 19.1. The molecule has 0 nitrogen and oxygen atoms in total. The summed E-state index contributed by atoms with van der Waals surface area (Å²) in [5, 5.41) is 2.52. The minimum atomic E-state index is -0.317. The molecule has 0 aliphatic rings. The predicted molar refractivity (Wildman–Crippen MR) is 132 cm³/mol. The van der Waals surface area contributed by atoms with Gasteiger partial charge in [-0.2, -0.15) is 0 Å². The quantitative estimate of drug-likeness (QED) is 0.262. The Labute approximate surface area is 189 Å². The van der Waals surface area contributed by atoms with Gasteiger partial charge in [0.1, 0.15) is 11.6 Å². The van der Waals surface area contributed by atoms with E-state index in [0.717, 1.165) is 44.1 Å². The molecule has 0 aliphatic heterocycles. The smallest absolute Gasteiger partial charge is 0.131 e. The Kier molecular flexibility index (Phi) is 6.99. The molecule has 0 aromatic heterocycles. The Hall–Kier alpha value is -3.00. The molecular weight excluding hydrogens is 398 g/mol. The van der Waals surface area contributed by atoms with Crippen LogP contribution in [0.5, 0.6) is 0 Å². The van der Waals surface area contributed by atoms with E-state index in [1.165, 1.54) is 39.6 Å². The number of rotatable bonds is 8. The SMILES string of the molecule is CCCCc1cc2ccccc2c(CCCC)c1-c1ccc(-c2ccc(F)cc2)c(F)c1. The van der Waals surface area contributed by atoms with Crippen molar-refractivity contribution >= 4 is 10.8 Å². The fraction of sp³-hybridized carbons (Fsp3) is 0.267.